The lowest BCUT2D eigenvalue weighted by molar-refractivity contribution is -0.00895. The van der Waals surface area contributed by atoms with Gasteiger partial charge in [-0.25, -0.2) is 0 Å². The summed E-state index contributed by atoms with van der Waals surface area (Å²) in [5.74, 6) is 0. The zero-order valence-corrected chi connectivity index (χ0v) is 8.70. The molecule has 1 heterocycles. The van der Waals surface area contributed by atoms with Gasteiger partial charge in [0.05, 0.1) is 20.3 Å². The van der Waals surface area contributed by atoms with Crippen molar-refractivity contribution in [3.8, 4) is 0 Å². The first kappa shape index (κ1) is 15.2. The van der Waals surface area contributed by atoms with E-state index in [4.69, 9.17) is 21.8 Å². The van der Waals surface area contributed by atoms with E-state index < -0.39 is 7.25 Å². The van der Waals surface area contributed by atoms with Gasteiger partial charge in [-0.05, 0) is 13.1 Å². The molecule has 1 fully saturated rings. The molecule has 15 heavy (non-hydrogen) atoms. The quantitative estimate of drug-likeness (QED) is 0.511. The summed E-state index contributed by atoms with van der Waals surface area (Å²) in [7, 11) is 4.71. The Labute approximate surface area is 94.3 Å². The van der Waals surface area contributed by atoms with Gasteiger partial charge in [0.1, 0.15) is 14.0 Å². The van der Waals surface area contributed by atoms with Crippen molar-refractivity contribution in [3.05, 3.63) is 0 Å². The van der Waals surface area contributed by atoms with Crippen molar-refractivity contribution in [3.63, 3.8) is 0 Å². The second-order valence-electron chi connectivity index (χ2n) is 2.99. The summed E-state index contributed by atoms with van der Waals surface area (Å²) in [4.78, 5) is 0. The lowest BCUT2D eigenvalue weighted by atomic mass is 9.96. The van der Waals surface area contributed by atoms with Crippen LogP contribution in [0.3, 0.4) is 0 Å². The average Bonchev–Trinajstić information content (AvgIpc) is 2.28. The minimum Gasteiger partial charge on any atom is -0.382 e. The molecule has 0 spiro atoms. The molecule has 0 aromatic rings. The zero-order valence-electron chi connectivity index (χ0n) is 7.80. The fourth-order valence-corrected chi connectivity index (χ4v) is 1.96. The summed E-state index contributed by atoms with van der Waals surface area (Å²) in [5.41, 5.74) is 0. The van der Waals surface area contributed by atoms with Gasteiger partial charge in [0, 0.05) is 20.4 Å². The van der Waals surface area contributed by atoms with Gasteiger partial charge in [0.25, 0.3) is 0 Å². The third-order valence-electron chi connectivity index (χ3n) is 1.84. The van der Waals surface area contributed by atoms with Crippen LogP contribution in [0, 0.1) is 0 Å². The van der Waals surface area contributed by atoms with Crippen LogP contribution in [0.4, 0.5) is 0 Å². The summed E-state index contributed by atoms with van der Waals surface area (Å²) in [5, 5.41) is 0. The summed E-state index contributed by atoms with van der Waals surface area (Å²) in [6.45, 7) is 2.14. The summed E-state index contributed by atoms with van der Waals surface area (Å²) in [6, 6.07) is -0.313. The molecule has 1 rings (SSSR count). The molecule has 4 atom stereocenters. The molecule has 0 aromatic heterocycles. The van der Waals surface area contributed by atoms with Crippen molar-refractivity contribution >= 4 is 22.7 Å². The van der Waals surface area contributed by atoms with Crippen LogP contribution in [0.5, 0.6) is 0 Å². The predicted octanol–water partition coefficient (Wildman–Crippen LogP) is 0.126. The maximum Gasteiger partial charge on any atom is 0.109 e. The van der Waals surface area contributed by atoms with E-state index in [1.54, 1.807) is 13.8 Å². The Morgan fingerprint density at radius 2 is 2.27 bits per heavy atom. The highest BCUT2D eigenvalue weighted by Crippen LogP contribution is 2.41. The zero-order chi connectivity index (χ0) is 10.8. The molecule has 0 bridgehead atoms. The largest absolute Gasteiger partial charge is 0.382 e. The van der Waals surface area contributed by atoms with Crippen LogP contribution < -0.4 is 0 Å². The Morgan fingerprint density at radius 3 is 2.73 bits per heavy atom. The van der Waals surface area contributed by atoms with Gasteiger partial charge in [0.2, 0.25) is 0 Å². The number of rotatable bonds is 4. The Kier molecular flexibility index (Phi) is 6.19. The van der Waals surface area contributed by atoms with E-state index in [9.17, 15) is 4.57 Å². The Balaban J connectivity index is 0.00000196. The number of ether oxygens (including phenoxy) is 2. The van der Waals surface area contributed by atoms with Crippen LogP contribution in [0.25, 0.3) is 0 Å². The van der Waals surface area contributed by atoms with E-state index >= 15 is 0 Å². The second-order valence-corrected chi connectivity index (χ2v) is 4.08. The Hall–Kier alpha value is 0.240. The van der Waals surface area contributed by atoms with Crippen LogP contribution in [-0.2, 0) is 18.6 Å². The molecule has 1 aliphatic heterocycles. The van der Waals surface area contributed by atoms with E-state index in [-0.39, 0.29) is 33.2 Å². The molecule has 1 aliphatic rings. The minimum atomic E-state index is -2.24. The predicted molar refractivity (Wildman–Crippen MR) is 66.0 cm³/mol. The molecule has 0 aliphatic carbocycles. The number of hydrogen-bond donors (Lipinski definition) is 0. The van der Waals surface area contributed by atoms with Crippen molar-refractivity contribution in [2.45, 2.75) is 32.1 Å². The molecule has 0 N–H and O–H groups in total. The highest BCUT2D eigenvalue weighted by Gasteiger charge is 2.34. The molecule has 4 nitrogen and oxygen atoms in total. The molecule has 0 saturated carbocycles. The van der Waals surface area contributed by atoms with Crippen molar-refractivity contribution in [2.75, 3.05) is 20.4 Å². The molecule has 0 amide bonds. The first-order valence-corrected chi connectivity index (χ1v) is 5.73. The molecular weight excluding hydrogens is 213 g/mol. The smallest absolute Gasteiger partial charge is 0.109 e. The van der Waals surface area contributed by atoms with Crippen LogP contribution in [0.1, 0.15) is 13.8 Å². The van der Waals surface area contributed by atoms with Gasteiger partial charge in [-0.3, -0.25) is 0 Å². The van der Waals surface area contributed by atoms with E-state index in [0.717, 1.165) is 0 Å². The first-order valence-electron chi connectivity index (χ1n) is 4.11. The molecule has 2 unspecified atom stereocenters. The van der Waals surface area contributed by atoms with Gasteiger partial charge < -0.3 is 18.6 Å². The van der Waals surface area contributed by atoms with E-state index in [1.807, 2.05) is 0 Å². The average molecular weight is 233 g/mol. The minimum absolute atomic E-state index is 0. The normalized spacial score (nSPS) is 34.5. The van der Waals surface area contributed by atoms with Crippen LogP contribution in [0.2, 0.25) is 0 Å². The standard InChI is InChI=1S/C7H16B2O4P.CH4/c1-11-4-6-5(3-7(8)12-6)13-14(2,9)10;/h5-7H,3-4H2,1-2,9H3;1H4/q-1;/t5?,6-,7-,14?;/m1./s1. The SMILES string of the molecule is C.[B][C@H]1CC(OP([BH3-])(C)=O)[C@@H](COC)O1. The van der Waals surface area contributed by atoms with Crippen molar-refractivity contribution in [1.82, 2.24) is 0 Å². The monoisotopic (exact) mass is 233 g/mol. The van der Waals surface area contributed by atoms with E-state index in [1.165, 1.54) is 0 Å². The first-order chi connectivity index (χ1) is 6.42. The molecular formula is C8H20B2O4P-. The van der Waals surface area contributed by atoms with Crippen molar-refractivity contribution in [1.29, 1.82) is 0 Å². The number of hydrogen-bond acceptors (Lipinski definition) is 4. The fourth-order valence-electron chi connectivity index (χ4n) is 1.36. The molecule has 88 valence electrons. The summed E-state index contributed by atoms with van der Waals surface area (Å²) in [6.07, 6.45) is 0.289. The van der Waals surface area contributed by atoms with Gasteiger partial charge in [-0.2, -0.15) is 0 Å². The molecule has 7 heteroatoms. The van der Waals surface area contributed by atoms with Gasteiger partial charge in [0.15, 0.2) is 0 Å². The van der Waals surface area contributed by atoms with Gasteiger partial charge in [-0.1, -0.05) is 7.43 Å². The van der Waals surface area contributed by atoms with E-state index in [0.29, 0.717) is 13.0 Å². The highest BCUT2D eigenvalue weighted by atomic mass is 31.2. The third kappa shape index (κ3) is 5.21. The fraction of sp³-hybridized carbons (Fsp3) is 1.00. The summed E-state index contributed by atoms with van der Waals surface area (Å²) < 4.78 is 27.5. The maximum atomic E-state index is 11.6. The molecule has 0 aromatic carbocycles. The summed E-state index contributed by atoms with van der Waals surface area (Å²) >= 11 is 0. The molecule has 1 saturated heterocycles. The van der Waals surface area contributed by atoms with Crippen LogP contribution >= 0.6 is 7.25 Å². The Morgan fingerprint density at radius 1 is 1.67 bits per heavy atom. The molecule has 2 radical (unpaired) electrons. The number of methoxy groups -OCH3 is 1. The van der Waals surface area contributed by atoms with Crippen molar-refractivity contribution in [2.24, 2.45) is 0 Å². The lowest BCUT2D eigenvalue weighted by Gasteiger charge is -2.23. The topological polar surface area (TPSA) is 44.8 Å². The highest BCUT2D eigenvalue weighted by molar-refractivity contribution is 7.82. The second kappa shape index (κ2) is 6.09. The third-order valence-corrected chi connectivity index (χ3v) is 2.41. The maximum absolute atomic E-state index is 11.6. The van der Waals surface area contributed by atoms with Gasteiger partial charge in [-0.15, -0.1) is 0 Å². The van der Waals surface area contributed by atoms with Crippen LogP contribution in [-0.4, -0.2) is 54.0 Å². The van der Waals surface area contributed by atoms with Crippen LogP contribution in [0.15, 0.2) is 0 Å². The van der Waals surface area contributed by atoms with Crippen molar-refractivity contribution < 1.29 is 18.6 Å². The van der Waals surface area contributed by atoms with Gasteiger partial charge >= 0.3 is 0 Å². The van der Waals surface area contributed by atoms with E-state index in [2.05, 4.69) is 0 Å². The Bertz CT molecular complexity index is 233. The lowest BCUT2D eigenvalue weighted by Crippen LogP contribution is -2.28.